The number of nitrogens with one attached hydrogen (secondary N) is 1. The highest BCUT2D eigenvalue weighted by Gasteiger charge is 2.40. The van der Waals surface area contributed by atoms with E-state index >= 15 is 0 Å². The number of ether oxygens (including phenoxy) is 1. The van der Waals surface area contributed by atoms with E-state index in [1.165, 1.54) is 12.0 Å². The number of carbonyl (C=O) groups is 3. The third-order valence-electron chi connectivity index (χ3n) is 8.16. The number of piperidine rings is 1. The van der Waals surface area contributed by atoms with Gasteiger partial charge in [-0.3, -0.25) is 24.6 Å². The van der Waals surface area contributed by atoms with E-state index in [0.717, 1.165) is 43.7 Å². The first-order chi connectivity index (χ1) is 17.1. The molecular formula is C28H31N3O4. The Bertz CT molecular complexity index is 1150. The Hall–Kier alpha value is -3.19. The third-order valence-corrected chi connectivity index (χ3v) is 8.16. The summed E-state index contributed by atoms with van der Waals surface area (Å²) in [4.78, 5) is 41.0. The third kappa shape index (κ3) is 4.22. The first-order valence-electron chi connectivity index (χ1n) is 12.8. The number of nitrogens with zero attached hydrogens (tertiary/aromatic N) is 2. The van der Waals surface area contributed by atoms with E-state index in [2.05, 4.69) is 40.5 Å². The van der Waals surface area contributed by atoms with Gasteiger partial charge in [0.05, 0.1) is 0 Å². The summed E-state index contributed by atoms with van der Waals surface area (Å²) >= 11 is 0. The first-order valence-corrected chi connectivity index (χ1v) is 12.8. The van der Waals surface area contributed by atoms with Crippen LogP contribution in [0.4, 0.5) is 0 Å². The van der Waals surface area contributed by atoms with Gasteiger partial charge in [-0.05, 0) is 73.9 Å². The van der Waals surface area contributed by atoms with Crippen molar-refractivity contribution in [1.29, 1.82) is 0 Å². The van der Waals surface area contributed by atoms with Crippen molar-refractivity contribution < 1.29 is 19.1 Å². The predicted octanol–water partition coefficient (Wildman–Crippen LogP) is 3.24. The Balaban J connectivity index is 1.12. The zero-order valence-corrected chi connectivity index (χ0v) is 19.8. The Kier molecular flexibility index (Phi) is 5.80. The number of hydrogen-bond acceptors (Lipinski definition) is 5. The van der Waals surface area contributed by atoms with Gasteiger partial charge in [0.25, 0.3) is 5.91 Å². The van der Waals surface area contributed by atoms with Gasteiger partial charge in [-0.1, -0.05) is 30.3 Å². The van der Waals surface area contributed by atoms with Crippen LogP contribution < -0.4 is 10.1 Å². The maximum absolute atomic E-state index is 13.0. The van der Waals surface area contributed by atoms with Crippen LogP contribution in [0, 0.1) is 0 Å². The lowest BCUT2D eigenvalue weighted by molar-refractivity contribution is -0.136. The van der Waals surface area contributed by atoms with Crippen LogP contribution in [0.1, 0.15) is 65.9 Å². The molecule has 35 heavy (non-hydrogen) atoms. The van der Waals surface area contributed by atoms with E-state index in [1.807, 2.05) is 18.2 Å². The van der Waals surface area contributed by atoms with Crippen molar-refractivity contribution in [3.05, 3.63) is 65.2 Å². The predicted molar refractivity (Wildman–Crippen MR) is 130 cm³/mol. The number of imide groups is 1. The summed E-state index contributed by atoms with van der Waals surface area (Å²) in [6, 6.07) is 16.3. The summed E-state index contributed by atoms with van der Waals surface area (Å²) in [6.45, 7) is 2.55. The molecule has 0 spiro atoms. The Morgan fingerprint density at radius 1 is 0.943 bits per heavy atom. The number of benzene rings is 2. The summed E-state index contributed by atoms with van der Waals surface area (Å²) in [6.07, 6.45) is 5.31. The van der Waals surface area contributed by atoms with Crippen LogP contribution in [0.2, 0.25) is 0 Å². The van der Waals surface area contributed by atoms with E-state index in [1.54, 1.807) is 4.90 Å². The fraction of sp³-hybridized carbons (Fsp3) is 0.464. The molecule has 2 saturated heterocycles. The standard InChI is InChI=1S/C28H31N3O4/c32-26-12-11-24(27(33)29-26)31-17-20-15-21(9-10-22(20)28(31)34)35-25-8-4-7-23(25)30-14-13-19(16-30)18-5-2-1-3-6-18/h1-3,5-6,9-10,15,19,23-25H,4,7-8,11-14,16-17H2,(H,29,32,33)/t19-,23+,24?,25+/m1/s1. The molecule has 1 saturated carbocycles. The number of rotatable bonds is 5. The Morgan fingerprint density at radius 3 is 2.63 bits per heavy atom. The smallest absolute Gasteiger partial charge is 0.255 e. The van der Waals surface area contributed by atoms with E-state index in [-0.39, 0.29) is 30.2 Å². The largest absolute Gasteiger partial charge is 0.489 e. The van der Waals surface area contributed by atoms with Crippen molar-refractivity contribution in [3.8, 4) is 5.75 Å². The molecule has 0 aromatic heterocycles. The summed E-state index contributed by atoms with van der Waals surface area (Å²) < 4.78 is 6.52. The second-order valence-electron chi connectivity index (χ2n) is 10.3. The summed E-state index contributed by atoms with van der Waals surface area (Å²) in [5.41, 5.74) is 2.93. The fourth-order valence-electron chi connectivity index (χ4n) is 6.35. The van der Waals surface area contributed by atoms with Crippen molar-refractivity contribution in [2.24, 2.45) is 0 Å². The van der Waals surface area contributed by atoms with Crippen LogP contribution in [0.25, 0.3) is 0 Å². The normalized spacial score (nSPS) is 28.9. The van der Waals surface area contributed by atoms with Gasteiger partial charge in [0, 0.05) is 31.1 Å². The van der Waals surface area contributed by atoms with Crippen LogP contribution in [0.3, 0.4) is 0 Å². The molecule has 3 aliphatic heterocycles. The fourth-order valence-corrected chi connectivity index (χ4v) is 6.35. The highest BCUT2D eigenvalue weighted by Crippen LogP contribution is 2.36. The topological polar surface area (TPSA) is 79.0 Å². The molecule has 7 heteroatoms. The van der Waals surface area contributed by atoms with Gasteiger partial charge >= 0.3 is 0 Å². The minimum absolute atomic E-state index is 0.144. The molecule has 2 aromatic carbocycles. The second-order valence-corrected chi connectivity index (χ2v) is 10.3. The Morgan fingerprint density at radius 2 is 1.80 bits per heavy atom. The summed E-state index contributed by atoms with van der Waals surface area (Å²) in [7, 11) is 0. The highest BCUT2D eigenvalue weighted by molar-refractivity contribution is 6.05. The van der Waals surface area contributed by atoms with Gasteiger partial charge in [-0.25, -0.2) is 0 Å². The van der Waals surface area contributed by atoms with Crippen LogP contribution in [-0.2, 0) is 16.1 Å². The molecule has 2 aromatic rings. The quantitative estimate of drug-likeness (QED) is 0.675. The number of carbonyl (C=O) groups excluding carboxylic acids is 3. The van der Waals surface area contributed by atoms with Crippen molar-refractivity contribution in [2.45, 2.75) is 69.2 Å². The van der Waals surface area contributed by atoms with Gasteiger partial charge < -0.3 is 9.64 Å². The van der Waals surface area contributed by atoms with Crippen LogP contribution >= 0.6 is 0 Å². The van der Waals surface area contributed by atoms with Gasteiger partial charge in [0.1, 0.15) is 17.9 Å². The molecule has 7 nitrogen and oxygen atoms in total. The molecule has 1 unspecified atom stereocenters. The zero-order valence-electron chi connectivity index (χ0n) is 19.8. The van der Waals surface area contributed by atoms with Crippen LogP contribution in [0.15, 0.2) is 48.5 Å². The molecule has 3 amide bonds. The highest BCUT2D eigenvalue weighted by atomic mass is 16.5. The molecule has 4 aliphatic rings. The minimum atomic E-state index is -0.594. The van der Waals surface area contributed by atoms with Crippen LogP contribution in [0.5, 0.6) is 5.75 Å². The number of amides is 3. The molecular weight excluding hydrogens is 442 g/mol. The molecule has 1 N–H and O–H groups in total. The number of fused-ring (bicyclic) bond motifs is 1. The van der Waals surface area contributed by atoms with Crippen molar-refractivity contribution in [1.82, 2.24) is 15.1 Å². The van der Waals surface area contributed by atoms with Gasteiger partial charge in [0.15, 0.2) is 0 Å². The molecule has 3 fully saturated rings. The molecule has 182 valence electrons. The molecule has 1 aliphatic carbocycles. The van der Waals surface area contributed by atoms with E-state index in [9.17, 15) is 14.4 Å². The van der Waals surface area contributed by atoms with Gasteiger partial charge in [0.2, 0.25) is 11.8 Å². The summed E-state index contributed by atoms with van der Waals surface area (Å²) in [5.74, 6) is 0.570. The molecule has 0 bridgehead atoms. The van der Waals surface area contributed by atoms with Crippen LogP contribution in [-0.4, -0.2) is 58.8 Å². The lowest BCUT2D eigenvalue weighted by Gasteiger charge is -2.30. The van der Waals surface area contributed by atoms with E-state index in [0.29, 0.717) is 30.5 Å². The van der Waals surface area contributed by atoms with E-state index in [4.69, 9.17) is 4.74 Å². The van der Waals surface area contributed by atoms with Gasteiger partial charge in [-0.15, -0.1) is 0 Å². The number of likely N-dealkylation sites (tertiary alicyclic amines) is 1. The minimum Gasteiger partial charge on any atom is -0.489 e. The van der Waals surface area contributed by atoms with Gasteiger partial charge in [-0.2, -0.15) is 0 Å². The van der Waals surface area contributed by atoms with Crippen molar-refractivity contribution >= 4 is 17.7 Å². The average Bonchev–Trinajstić information content (AvgIpc) is 3.59. The monoisotopic (exact) mass is 473 g/mol. The molecule has 3 heterocycles. The molecule has 6 rings (SSSR count). The average molecular weight is 474 g/mol. The lowest BCUT2D eigenvalue weighted by Crippen LogP contribution is -2.52. The Labute approximate surface area is 205 Å². The maximum atomic E-state index is 13.0. The SMILES string of the molecule is O=C1CCC(N2Cc3cc(O[C@H]4CCC[C@@H]4N4CC[C@@H](c5ccccc5)C4)ccc3C2=O)C(=O)N1. The number of hydrogen-bond donors (Lipinski definition) is 1. The van der Waals surface area contributed by atoms with Crippen molar-refractivity contribution in [2.75, 3.05) is 13.1 Å². The van der Waals surface area contributed by atoms with Crippen molar-refractivity contribution in [3.63, 3.8) is 0 Å². The summed E-state index contributed by atoms with van der Waals surface area (Å²) in [5, 5.41) is 2.36. The maximum Gasteiger partial charge on any atom is 0.255 e. The first kappa shape index (κ1) is 22.3. The zero-order chi connectivity index (χ0) is 23.9. The molecule has 4 atom stereocenters. The van der Waals surface area contributed by atoms with E-state index < -0.39 is 6.04 Å². The molecule has 0 radical (unpaired) electrons. The lowest BCUT2D eigenvalue weighted by atomic mass is 9.99. The second kappa shape index (κ2) is 9.11.